The van der Waals surface area contributed by atoms with Crippen LogP contribution in [-0.4, -0.2) is 24.6 Å². The van der Waals surface area contributed by atoms with E-state index in [1.54, 1.807) is 33.9 Å². The average Bonchev–Trinajstić information content (AvgIpc) is 2.98. The Hall–Kier alpha value is -2.95. The number of ketones is 2. The van der Waals surface area contributed by atoms with Crippen LogP contribution >= 0.6 is 0 Å². The van der Waals surface area contributed by atoms with Gasteiger partial charge in [0.2, 0.25) is 5.78 Å². The van der Waals surface area contributed by atoms with E-state index >= 15 is 0 Å². The smallest absolute Gasteiger partial charge is 0.295 e. The van der Waals surface area contributed by atoms with Crippen molar-refractivity contribution in [2.24, 2.45) is 11.3 Å². The second kappa shape index (κ2) is 8.42. The number of benzene rings is 2. The summed E-state index contributed by atoms with van der Waals surface area (Å²) in [6.07, 6.45) is 1.96. The lowest BCUT2D eigenvalue weighted by Gasteiger charge is -2.30. The maximum Gasteiger partial charge on any atom is 0.295 e. The summed E-state index contributed by atoms with van der Waals surface area (Å²) in [7, 11) is 1.54. The molecule has 0 aromatic heterocycles. The Kier molecular flexibility index (Phi) is 6.11. The van der Waals surface area contributed by atoms with Gasteiger partial charge in [0.05, 0.1) is 13.2 Å². The molecule has 0 N–H and O–H groups in total. The normalized spacial score (nSPS) is 19.3. The van der Waals surface area contributed by atoms with E-state index in [1.807, 2.05) is 42.5 Å². The first-order valence-corrected chi connectivity index (χ1v) is 10.3. The van der Waals surface area contributed by atoms with Crippen molar-refractivity contribution in [3.8, 4) is 5.75 Å². The van der Waals surface area contributed by atoms with Crippen molar-refractivity contribution in [3.05, 3.63) is 59.7 Å². The van der Waals surface area contributed by atoms with Crippen LogP contribution in [0, 0.1) is 11.3 Å². The molecule has 3 rings (SSSR count). The predicted molar refractivity (Wildman–Crippen MR) is 117 cm³/mol. The summed E-state index contributed by atoms with van der Waals surface area (Å²) in [5.74, 6) is -2.10. The van der Waals surface area contributed by atoms with E-state index in [9.17, 15) is 14.4 Å². The first-order valence-electron chi connectivity index (χ1n) is 10.3. The number of rotatable bonds is 6. The van der Waals surface area contributed by atoms with E-state index in [1.165, 1.54) is 4.90 Å². The van der Waals surface area contributed by atoms with Gasteiger partial charge < -0.3 is 4.74 Å². The van der Waals surface area contributed by atoms with Crippen molar-refractivity contribution < 1.29 is 19.1 Å². The van der Waals surface area contributed by atoms with Crippen LogP contribution in [0.4, 0.5) is 5.69 Å². The molecule has 2 unspecified atom stereocenters. The van der Waals surface area contributed by atoms with Crippen LogP contribution in [0.1, 0.15) is 51.3 Å². The van der Waals surface area contributed by atoms with Crippen LogP contribution in [-0.2, 0) is 20.8 Å². The number of methoxy groups -OCH3 is 1. The molecule has 0 saturated carbocycles. The summed E-state index contributed by atoms with van der Waals surface area (Å²) in [6.45, 7) is 7.43. The van der Waals surface area contributed by atoms with Gasteiger partial charge in [-0.05, 0) is 30.2 Å². The SMILES string of the molecule is CCCc1ccc(N2C(=O)C(=O)C(C(=O)C(C)(C)C)C2c2ccccc2OC)cc1. The Bertz CT molecular complexity index is 956. The van der Waals surface area contributed by atoms with Crippen LogP contribution in [0.3, 0.4) is 0 Å². The van der Waals surface area contributed by atoms with Gasteiger partial charge in [0.1, 0.15) is 11.7 Å². The van der Waals surface area contributed by atoms with Crippen molar-refractivity contribution in [3.63, 3.8) is 0 Å². The first-order chi connectivity index (χ1) is 14.2. The first kappa shape index (κ1) is 21.8. The number of hydrogen-bond acceptors (Lipinski definition) is 4. The molecule has 0 spiro atoms. The molecule has 30 heavy (non-hydrogen) atoms. The molecule has 2 aromatic carbocycles. The monoisotopic (exact) mass is 407 g/mol. The van der Waals surface area contributed by atoms with Gasteiger partial charge in [-0.1, -0.05) is 64.4 Å². The van der Waals surface area contributed by atoms with E-state index < -0.39 is 29.1 Å². The number of ether oxygens (including phenoxy) is 1. The highest BCUT2D eigenvalue weighted by Crippen LogP contribution is 2.45. The van der Waals surface area contributed by atoms with Gasteiger partial charge in [-0.15, -0.1) is 0 Å². The second-order valence-corrected chi connectivity index (χ2v) is 8.73. The summed E-state index contributed by atoms with van der Waals surface area (Å²) < 4.78 is 5.52. The third-order valence-corrected chi connectivity index (χ3v) is 5.54. The number of para-hydroxylation sites is 1. The lowest BCUT2D eigenvalue weighted by atomic mass is 9.77. The fraction of sp³-hybridized carbons (Fsp3) is 0.400. The Morgan fingerprint density at radius 3 is 2.23 bits per heavy atom. The molecule has 0 aliphatic carbocycles. The Labute approximate surface area is 178 Å². The molecular weight excluding hydrogens is 378 g/mol. The molecule has 0 radical (unpaired) electrons. The molecule has 1 saturated heterocycles. The van der Waals surface area contributed by atoms with Crippen molar-refractivity contribution in [2.75, 3.05) is 12.0 Å². The molecule has 1 fully saturated rings. The lowest BCUT2D eigenvalue weighted by Crippen LogP contribution is -2.36. The zero-order chi connectivity index (χ0) is 22.1. The van der Waals surface area contributed by atoms with Gasteiger partial charge >= 0.3 is 0 Å². The molecular formula is C25H29NO4. The Morgan fingerprint density at radius 1 is 1.03 bits per heavy atom. The van der Waals surface area contributed by atoms with Crippen LogP contribution in [0.15, 0.2) is 48.5 Å². The molecule has 1 heterocycles. The minimum atomic E-state index is -1.08. The number of nitrogens with zero attached hydrogens (tertiary/aromatic N) is 1. The number of carbonyl (C=O) groups is 3. The van der Waals surface area contributed by atoms with E-state index in [2.05, 4.69) is 6.92 Å². The van der Waals surface area contributed by atoms with Gasteiger partial charge in [0.15, 0.2) is 5.78 Å². The van der Waals surface area contributed by atoms with E-state index in [0.29, 0.717) is 17.0 Å². The number of hydrogen-bond donors (Lipinski definition) is 0. The van der Waals surface area contributed by atoms with Gasteiger partial charge in [0, 0.05) is 16.7 Å². The topological polar surface area (TPSA) is 63.7 Å². The van der Waals surface area contributed by atoms with Crippen molar-refractivity contribution in [1.82, 2.24) is 0 Å². The summed E-state index contributed by atoms with van der Waals surface area (Å²) in [4.78, 5) is 40.9. The fourth-order valence-corrected chi connectivity index (χ4v) is 4.02. The number of amides is 1. The average molecular weight is 408 g/mol. The third kappa shape index (κ3) is 3.89. The quantitative estimate of drug-likeness (QED) is 0.521. The second-order valence-electron chi connectivity index (χ2n) is 8.73. The zero-order valence-electron chi connectivity index (χ0n) is 18.3. The minimum Gasteiger partial charge on any atom is -0.496 e. The fourth-order valence-electron chi connectivity index (χ4n) is 4.02. The van der Waals surface area contributed by atoms with Gasteiger partial charge in [-0.3, -0.25) is 19.3 Å². The van der Waals surface area contributed by atoms with E-state index in [-0.39, 0.29) is 5.78 Å². The standard InChI is InChI=1S/C25H29NO4/c1-6-9-16-12-14-17(15-13-16)26-21(18-10-7-8-11-19(18)30-5)20(22(27)24(26)29)23(28)25(2,3)4/h7-8,10-15,20-21H,6,9H2,1-5H3. The summed E-state index contributed by atoms with van der Waals surface area (Å²) >= 11 is 0. The van der Waals surface area contributed by atoms with E-state index in [0.717, 1.165) is 18.4 Å². The zero-order valence-corrected chi connectivity index (χ0v) is 18.3. The molecule has 0 bridgehead atoms. The van der Waals surface area contributed by atoms with Crippen LogP contribution in [0.2, 0.25) is 0 Å². The van der Waals surface area contributed by atoms with Gasteiger partial charge in [0.25, 0.3) is 5.91 Å². The van der Waals surface area contributed by atoms with Crippen LogP contribution in [0.25, 0.3) is 0 Å². The van der Waals surface area contributed by atoms with Crippen molar-refractivity contribution >= 4 is 23.2 Å². The molecule has 1 aliphatic heterocycles. The molecule has 2 aromatic rings. The van der Waals surface area contributed by atoms with Crippen molar-refractivity contribution in [1.29, 1.82) is 0 Å². The molecule has 1 amide bonds. The molecule has 5 heteroatoms. The van der Waals surface area contributed by atoms with Crippen molar-refractivity contribution in [2.45, 2.75) is 46.6 Å². The largest absolute Gasteiger partial charge is 0.496 e. The van der Waals surface area contributed by atoms with E-state index in [4.69, 9.17) is 4.74 Å². The van der Waals surface area contributed by atoms with Crippen LogP contribution in [0.5, 0.6) is 5.75 Å². The lowest BCUT2D eigenvalue weighted by molar-refractivity contribution is -0.141. The van der Waals surface area contributed by atoms with Gasteiger partial charge in [-0.25, -0.2) is 0 Å². The highest BCUT2D eigenvalue weighted by Gasteiger charge is 2.54. The summed E-state index contributed by atoms with van der Waals surface area (Å²) in [5, 5.41) is 0. The number of aryl methyl sites for hydroxylation is 1. The minimum absolute atomic E-state index is 0.248. The highest BCUT2D eigenvalue weighted by molar-refractivity contribution is 6.48. The Balaban J connectivity index is 2.17. The van der Waals surface area contributed by atoms with Crippen LogP contribution < -0.4 is 9.64 Å². The molecule has 5 nitrogen and oxygen atoms in total. The summed E-state index contributed by atoms with van der Waals surface area (Å²) in [6, 6.07) is 14.1. The maximum absolute atomic E-state index is 13.3. The Morgan fingerprint density at radius 2 is 1.67 bits per heavy atom. The summed E-state index contributed by atoms with van der Waals surface area (Å²) in [5.41, 5.74) is 1.66. The molecule has 2 atom stereocenters. The molecule has 1 aliphatic rings. The maximum atomic E-state index is 13.3. The number of carbonyl (C=O) groups excluding carboxylic acids is 3. The number of anilines is 1. The highest BCUT2D eigenvalue weighted by atomic mass is 16.5. The molecule has 158 valence electrons. The number of Topliss-reactive ketones (excluding diaryl/α,β-unsaturated/α-hetero) is 2. The predicted octanol–water partition coefficient (Wildman–Crippen LogP) is 4.54. The van der Waals surface area contributed by atoms with Gasteiger partial charge in [-0.2, -0.15) is 0 Å². The third-order valence-electron chi connectivity index (χ3n) is 5.54.